The molecule has 1 aliphatic rings. The van der Waals surface area contributed by atoms with Crippen LogP contribution in [0.25, 0.3) is 0 Å². The van der Waals surface area contributed by atoms with Crippen LogP contribution >= 0.6 is 15.9 Å². The number of aryl methyl sites for hydroxylation is 1. The largest absolute Gasteiger partial charge is 0.496 e. The van der Waals surface area contributed by atoms with Gasteiger partial charge >= 0.3 is 7.12 Å². The van der Waals surface area contributed by atoms with Crippen molar-refractivity contribution in [2.24, 2.45) is 0 Å². The van der Waals surface area contributed by atoms with Crippen molar-refractivity contribution in [2.45, 2.75) is 45.8 Å². The van der Waals surface area contributed by atoms with Gasteiger partial charge in [-0.25, -0.2) is 0 Å². The molecular weight excluding hydrogens is 293 g/mol. The molecule has 2 rings (SSSR count). The lowest BCUT2D eigenvalue weighted by Gasteiger charge is -2.32. The lowest BCUT2D eigenvalue weighted by Crippen LogP contribution is -2.41. The molecule has 0 unspecified atom stereocenters. The molecule has 1 heterocycles. The molecule has 0 aliphatic carbocycles. The Balaban J connectivity index is 2.38. The third-order valence-corrected chi connectivity index (χ3v) is 4.73. The van der Waals surface area contributed by atoms with Crippen molar-refractivity contribution in [3.63, 3.8) is 0 Å². The number of rotatable bonds is 1. The van der Waals surface area contributed by atoms with Gasteiger partial charge in [-0.3, -0.25) is 0 Å². The predicted octanol–water partition coefficient (Wildman–Crippen LogP) is 2.64. The molecule has 2 N–H and O–H groups in total. The van der Waals surface area contributed by atoms with E-state index in [0.717, 1.165) is 15.5 Å². The van der Waals surface area contributed by atoms with Crippen molar-refractivity contribution < 1.29 is 9.31 Å². The Labute approximate surface area is 117 Å². The molecule has 0 amide bonds. The van der Waals surface area contributed by atoms with Gasteiger partial charge in [0.15, 0.2) is 0 Å². The van der Waals surface area contributed by atoms with Crippen molar-refractivity contribution in [2.75, 3.05) is 5.73 Å². The zero-order valence-electron chi connectivity index (χ0n) is 11.5. The van der Waals surface area contributed by atoms with Gasteiger partial charge in [0.1, 0.15) is 0 Å². The van der Waals surface area contributed by atoms with E-state index in [9.17, 15) is 0 Å². The van der Waals surface area contributed by atoms with Gasteiger partial charge in [0.2, 0.25) is 0 Å². The van der Waals surface area contributed by atoms with Crippen LogP contribution in [0.5, 0.6) is 0 Å². The first-order valence-corrected chi connectivity index (χ1v) is 6.84. The van der Waals surface area contributed by atoms with Crippen LogP contribution in [0.3, 0.4) is 0 Å². The zero-order valence-corrected chi connectivity index (χ0v) is 13.1. The van der Waals surface area contributed by atoms with Gasteiger partial charge in [-0.05, 0) is 52.3 Å². The van der Waals surface area contributed by atoms with Gasteiger partial charge in [0.25, 0.3) is 0 Å². The molecule has 0 bridgehead atoms. The second-order valence-electron chi connectivity index (χ2n) is 5.82. The fourth-order valence-electron chi connectivity index (χ4n) is 1.89. The molecule has 1 saturated heterocycles. The summed E-state index contributed by atoms with van der Waals surface area (Å²) >= 11 is 3.52. The Hall–Kier alpha value is -0.515. The Morgan fingerprint density at radius 2 is 1.61 bits per heavy atom. The van der Waals surface area contributed by atoms with E-state index >= 15 is 0 Å². The topological polar surface area (TPSA) is 44.5 Å². The maximum Gasteiger partial charge on any atom is 0.496 e. The normalized spacial score (nSPS) is 21.3. The number of nitrogen functional groups attached to an aromatic ring is 1. The van der Waals surface area contributed by atoms with Crippen LogP contribution in [0.4, 0.5) is 5.69 Å². The molecule has 1 fully saturated rings. The van der Waals surface area contributed by atoms with E-state index < -0.39 is 7.12 Å². The summed E-state index contributed by atoms with van der Waals surface area (Å²) in [5.74, 6) is 0. The Morgan fingerprint density at radius 1 is 1.11 bits per heavy atom. The van der Waals surface area contributed by atoms with Crippen molar-refractivity contribution in [3.05, 3.63) is 22.2 Å². The highest BCUT2D eigenvalue weighted by Crippen LogP contribution is 2.37. The molecule has 0 aromatic heterocycles. The van der Waals surface area contributed by atoms with Crippen LogP contribution in [-0.4, -0.2) is 18.3 Å². The van der Waals surface area contributed by atoms with E-state index in [1.165, 1.54) is 0 Å². The molecule has 1 aromatic rings. The van der Waals surface area contributed by atoms with Gasteiger partial charge in [-0.15, -0.1) is 0 Å². The second kappa shape index (κ2) is 4.25. The summed E-state index contributed by atoms with van der Waals surface area (Å²) in [7, 11) is -0.410. The maximum absolute atomic E-state index is 6.07. The minimum Gasteiger partial charge on any atom is -0.399 e. The average Bonchev–Trinajstić information content (AvgIpc) is 2.42. The number of anilines is 1. The van der Waals surface area contributed by atoms with Crippen LogP contribution in [0.2, 0.25) is 0 Å². The maximum atomic E-state index is 6.07. The molecule has 1 aromatic carbocycles. The van der Waals surface area contributed by atoms with Crippen molar-refractivity contribution in [3.8, 4) is 0 Å². The lowest BCUT2D eigenvalue weighted by molar-refractivity contribution is 0.00578. The highest BCUT2D eigenvalue weighted by Gasteiger charge is 2.52. The average molecular weight is 312 g/mol. The summed E-state index contributed by atoms with van der Waals surface area (Å²) in [6.45, 7) is 10.1. The van der Waals surface area contributed by atoms with E-state index in [0.29, 0.717) is 5.69 Å². The molecule has 0 spiro atoms. The second-order valence-corrected chi connectivity index (χ2v) is 6.67. The monoisotopic (exact) mass is 311 g/mol. The number of halogens is 1. The molecule has 1 aliphatic heterocycles. The van der Waals surface area contributed by atoms with Gasteiger partial charge in [0.05, 0.1) is 11.2 Å². The molecular formula is C13H19BBrNO2. The third-order valence-electron chi connectivity index (χ3n) is 3.87. The highest BCUT2D eigenvalue weighted by molar-refractivity contribution is 9.10. The standard InChI is InChI=1S/C13H19BBrNO2/c1-8-6-11(16)9(7-10(8)15)14-17-12(2,3)13(4,5)18-14/h6-7H,16H2,1-5H3. The minimum absolute atomic E-state index is 0.346. The van der Waals surface area contributed by atoms with Crippen LogP contribution in [-0.2, 0) is 9.31 Å². The van der Waals surface area contributed by atoms with E-state index in [1.54, 1.807) is 0 Å². The summed E-state index contributed by atoms with van der Waals surface area (Å²) < 4.78 is 13.0. The SMILES string of the molecule is Cc1cc(N)c(B2OC(C)(C)C(C)(C)O2)cc1Br. The molecule has 0 radical (unpaired) electrons. The van der Waals surface area contributed by atoms with Crippen LogP contribution < -0.4 is 11.2 Å². The highest BCUT2D eigenvalue weighted by atomic mass is 79.9. The molecule has 3 nitrogen and oxygen atoms in total. The van der Waals surface area contributed by atoms with Crippen LogP contribution in [0.15, 0.2) is 16.6 Å². The minimum atomic E-state index is -0.410. The molecule has 0 atom stereocenters. The zero-order chi connectivity index (χ0) is 13.7. The smallest absolute Gasteiger partial charge is 0.399 e. The summed E-state index contributed by atoms with van der Waals surface area (Å²) in [6, 6.07) is 3.91. The first-order chi connectivity index (χ1) is 8.14. The predicted molar refractivity (Wildman–Crippen MR) is 79.0 cm³/mol. The fourth-order valence-corrected chi connectivity index (χ4v) is 2.25. The van der Waals surface area contributed by atoms with Gasteiger partial charge in [-0.1, -0.05) is 15.9 Å². The van der Waals surface area contributed by atoms with Gasteiger partial charge < -0.3 is 15.0 Å². The summed E-state index contributed by atoms with van der Waals surface area (Å²) in [5.41, 5.74) is 8.06. The van der Waals surface area contributed by atoms with Crippen LogP contribution in [0.1, 0.15) is 33.3 Å². The van der Waals surface area contributed by atoms with E-state index in [4.69, 9.17) is 15.0 Å². The number of hydrogen-bond donors (Lipinski definition) is 1. The van der Waals surface area contributed by atoms with Crippen molar-refractivity contribution >= 4 is 34.2 Å². The summed E-state index contributed by atoms with van der Waals surface area (Å²) in [5, 5.41) is 0. The quantitative estimate of drug-likeness (QED) is 0.640. The first kappa shape index (κ1) is 13.9. The molecule has 5 heteroatoms. The number of hydrogen-bond acceptors (Lipinski definition) is 3. The Bertz CT molecular complexity index is 472. The van der Waals surface area contributed by atoms with Gasteiger partial charge in [0, 0.05) is 15.6 Å². The molecule has 18 heavy (non-hydrogen) atoms. The molecule has 98 valence electrons. The van der Waals surface area contributed by atoms with E-state index in [-0.39, 0.29) is 11.2 Å². The van der Waals surface area contributed by atoms with Crippen molar-refractivity contribution in [1.82, 2.24) is 0 Å². The van der Waals surface area contributed by atoms with Crippen molar-refractivity contribution in [1.29, 1.82) is 0 Å². The van der Waals surface area contributed by atoms with E-state index in [2.05, 4.69) is 15.9 Å². The summed E-state index contributed by atoms with van der Waals surface area (Å²) in [4.78, 5) is 0. The summed E-state index contributed by atoms with van der Waals surface area (Å²) in [6.07, 6.45) is 0. The number of nitrogens with two attached hydrogens (primary N) is 1. The van der Waals surface area contributed by atoms with Gasteiger partial charge in [-0.2, -0.15) is 0 Å². The lowest BCUT2D eigenvalue weighted by atomic mass is 9.77. The van der Waals surface area contributed by atoms with Crippen LogP contribution in [0, 0.1) is 6.92 Å². The Kier molecular flexibility index (Phi) is 3.29. The Morgan fingerprint density at radius 3 is 2.11 bits per heavy atom. The third kappa shape index (κ3) is 2.19. The first-order valence-electron chi connectivity index (χ1n) is 6.05. The molecule has 0 saturated carbocycles. The number of benzene rings is 1. The fraction of sp³-hybridized carbons (Fsp3) is 0.538. The van der Waals surface area contributed by atoms with E-state index in [1.807, 2.05) is 46.8 Å².